The Balaban J connectivity index is 2.05. The van der Waals surface area contributed by atoms with Crippen molar-refractivity contribution in [3.05, 3.63) is 52.4 Å². The fourth-order valence-electron chi connectivity index (χ4n) is 1.80. The number of aryl methyl sites for hydroxylation is 1. The molecule has 0 spiro atoms. The van der Waals surface area contributed by atoms with E-state index in [0.29, 0.717) is 16.5 Å². The van der Waals surface area contributed by atoms with Crippen molar-refractivity contribution >= 4 is 21.6 Å². The molecular weight excluding hydrogens is 300 g/mol. The molecule has 1 N–H and O–H groups in total. The topological polar surface area (TPSA) is 72.2 Å². The first-order valence-corrected chi connectivity index (χ1v) is 8.06. The minimum absolute atomic E-state index is 0.230. The van der Waals surface area contributed by atoms with E-state index in [2.05, 4.69) is 9.88 Å². The van der Waals surface area contributed by atoms with Crippen LogP contribution < -0.4 is 4.72 Å². The molecule has 20 heavy (non-hydrogen) atoms. The zero-order valence-corrected chi connectivity index (χ0v) is 12.7. The first-order chi connectivity index (χ1) is 9.35. The van der Waals surface area contributed by atoms with Gasteiger partial charge >= 0.3 is 0 Å². The summed E-state index contributed by atoms with van der Waals surface area (Å²) in [5, 5.41) is 4.28. The van der Waals surface area contributed by atoms with Crippen molar-refractivity contribution in [2.24, 2.45) is 0 Å². The van der Waals surface area contributed by atoms with Crippen LogP contribution in [0.2, 0.25) is 5.02 Å². The number of hydrogen-bond donors (Lipinski definition) is 1. The Hall–Kier alpha value is -1.37. The summed E-state index contributed by atoms with van der Waals surface area (Å²) in [6.45, 7) is 3.51. The molecule has 0 saturated heterocycles. The average Bonchev–Trinajstić information content (AvgIpc) is 2.73. The van der Waals surface area contributed by atoms with E-state index in [0.717, 1.165) is 5.56 Å². The molecule has 0 fully saturated rings. The maximum absolute atomic E-state index is 12.0. The second-order valence-electron chi connectivity index (χ2n) is 4.58. The molecule has 1 atom stereocenters. The number of rotatable bonds is 5. The van der Waals surface area contributed by atoms with E-state index in [9.17, 15) is 8.42 Å². The zero-order chi connectivity index (χ0) is 14.8. The van der Waals surface area contributed by atoms with Crippen molar-refractivity contribution in [3.8, 4) is 0 Å². The second kappa shape index (κ2) is 5.95. The van der Waals surface area contributed by atoms with Crippen molar-refractivity contribution in [2.75, 3.05) is 0 Å². The van der Waals surface area contributed by atoms with E-state index in [4.69, 9.17) is 16.1 Å². The molecule has 1 heterocycles. The Kier molecular flexibility index (Phi) is 4.47. The molecule has 0 aliphatic heterocycles. The number of aromatic nitrogens is 1. The smallest absolute Gasteiger partial charge is 0.219 e. The lowest BCUT2D eigenvalue weighted by Crippen LogP contribution is -2.28. The van der Waals surface area contributed by atoms with E-state index in [-0.39, 0.29) is 11.8 Å². The summed E-state index contributed by atoms with van der Waals surface area (Å²) in [5.74, 6) is 0.0875. The lowest BCUT2D eigenvalue weighted by atomic mass is 10.1. The Morgan fingerprint density at radius 1 is 1.35 bits per heavy atom. The predicted octanol–water partition coefficient (Wildman–Crippen LogP) is 2.82. The first kappa shape index (κ1) is 15.0. The quantitative estimate of drug-likeness (QED) is 0.921. The fraction of sp³-hybridized carbons (Fsp3) is 0.308. The van der Waals surface area contributed by atoms with Crippen LogP contribution in [0.1, 0.15) is 30.0 Å². The van der Waals surface area contributed by atoms with Gasteiger partial charge in [-0.1, -0.05) is 28.9 Å². The summed E-state index contributed by atoms with van der Waals surface area (Å²) < 4.78 is 31.6. The van der Waals surface area contributed by atoms with Crippen LogP contribution in [-0.4, -0.2) is 13.6 Å². The van der Waals surface area contributed by atoms with Crippen LogP contribution in [0.5, 0.6) is 0 Å². The largest absolute Gasteiger partial charge is 0.360 e. The molecule has 0 amide bonds. The van der Waals surface area contributed by atoms with E-state index >= 15 is 0 Å². The van der Waals surface area contributed by atoms with Gasteiger partial charge in [0.2, 0.25) is 10.0 Å². The third-order valence-corrected chi connectivity index (χ3v) is 4.36. The van der Waals surface area contributed by atoms with Gasteiger partial charge in [-0.15, -0.1) is 0 Å². The lowest BCUT2D eigenvalue weighted by molar-refractivity contribution is 0.388. The van der Waals surface area contributed by atoms with Gasteiger partial charge in [0.15, 0.2) is 5.76 Å². The summed E-state index contributed by atoms with van der Waals surface area (Å²) in [6.07, 6.45) is 0. The van der Waals surface area contributed by atoms with Gasteiger partial charge in [0.1, 0.15) is 5.75 Å². The molecule has 108 valence electrons. The van der Waals surface area contributed by atoms with Crippen LogP contribution in [0.3, 0.4) is 0 Å². The molecule has 0 unspecified atom stereocenters. The Morgan fingerprint density at radius 3 is 2.55 bits per heavy atom. The molecule has 0 radical (unpaired) electrons. The predicted molar refractivity (Wildman–Crippen MR) is 76.9 cm³/mol. The Bertz CT molecular complexity index is 680. The molecule has 1 aromatic carbocycles. The highest BCUT2D eigenvalue weighted by Crippen LogP contribution is 2.17. The minimum atomic E-state index is -3.50. The summed E-state index contributed by atoms with van der Waals surface area (Å²) in [4.78, 5) is 0. The average molecular weight is 315 g/mol. The number of hydrogen-bond acceptors (Lipinski definition) is 4. The molecule has 0 aliphatic carbocycles. The minimum Gasteiger partial charge on any atom is -0.360 e. The highest BCUT2D eigenvalue weighted by molar-refractivity contribution is 7.88. The van der Waals surface area contributed by atoms with Crippen LogP contribution in [-0.2, 0) is 15.8 Å². The molecule has 0 aliphatic rings. The maximum Gasteiger partial charge on any atom is 0.219 e. The van der Waals surface area contributed by atoms with E-state index in [1.165, 1.54) is 0 Å². The number of benzene rings is 1. The van der Waals surface area contributed by atoms with Gasteiger partial charge in [0, 0.05) is 17.1 Å². The number of nitrogens with one attached hydrogen (secondary N) is 1. The van der Waals surface area contributed by atoms with E-state index in [1.807, 2.05) is 0 Å². The SMILES string of the molecule is Cc1cc(CS(=O)(=O)N[C@H](C)c2ccc(Cl)cc2)on1. The lowest BCUT2D eigenvalue weighted by Gasteiger charge is -2.14. The van der Waals surface area contributed by atoms with Gasteiger partial charge < -0.3 is 4.52 Å². The molecule has 7 heteroatoms. The summed E-state index contributed by atoms with van der Waals surface area (Å²) in [7, 11) is -3.50. The Morgan fingerprint density at radius 2 is 2.00 bits per heavy atom. The zero-order valence-electron chi connectivity index (χ0n) is 11.1. The number of nitrogens with zero attached hydrogens (tertiary/aromatic N) is 1. The standard InChI is InChI=1S/C13H15ClN2O3S/c1-9-7-13(19-15-9)8-20(17,18)16-10(2)11-3-5-12(14)6-4-11/h3-7,10,16H,8H2,1-2H3/t10-/m1/s1. The van der Waals surface area contributed by atoms with Crippen LogP contribution in [0, 0.1) is 6.92 Å². The molecule has 5 nitrogen and oxygen atoms in total. The third kappa shape index (κ3) is 4.06. The van der Waals surface area contributed by atoms with Crippen molar-refractivity contribution in [1.29, 1.82) is 0 Å². The van der Waals surface area contributed by atoms with Gasteiger partial charge in [-0.2, -0.15) is 0 Å². The third-order valence-electron chi connectivity index (χ3n) is 2.74. The van der Waals surface area contributed by atoms with Crippen molar-refractivity contribution in [1.82, 2.24) is 9.88 Å². The highest BCUT2D eigenvalue weighted by atomic mass is 35.5. The van der Waals surface area contributed by atoms with Gasteiger partial charge in [0.05, 0.1) is 5.69 Å². The molecule has 0 bridgehead atoms. The first-order valence-electron chi connectivity index (χ1n) is 6.03. The molecule has 1 aromatic heterocycles. The van der Waals surface area contributed by atoms with Crippen LogP contribution in [0.15, 0.2) is 34.9 Å². The van der Waals surface area contributed by atoms with E-state index in [1.54, 1.807) is 44.2 Å². The summed E-state index contributed by atoms with van der Waals surface area (Å²) in [5.41, 5.74) is 1.49. The van der Waals surface area contributed by atoms with Crippen LogP contribution in [0.25, 0.3) is 0 Å². The number of halogens is 1. The van der Waals surface area contributed by atoms with Gasteiger partial charge in [-0.05, 0) is 31.5 Å². The van der Waals surface area contributed by atoms with Gasteiger partial charge in [-0.3, -0.25) is 0 Å². The van der Waals surface area contributed by atoms with Crippen molar-refractivity contribution in [3.63, 3.8) is 0 Å². The fourth-order valence-corrected chi connectivity index (χ4v) is 3.20. The second-order valence-corrected chi connectivity index (χ2v) is 6.78. The Labute approximate surface area is 123 Å². The van der Waals surface area contributed by atoms with Crippen LogP contribution in [0.4, 0.5) is 0 Å². The van der Waals surface area contributed by atoms with Crippen molar-refractivity contribution in [2.45, 2.75) is 25.6 Å². The van der Waals surface area contributed by atoms with Gasteiger partial charge in [0.25, 0.3) is 0 Å². The molecule has 2 aromatic rings. The highest BCUT2D eigenvalue weighted by Gasteiger charge is 2.18. The molecule has 2 rings (SSSR count). The molecule has 0 saturated carbocycles. The maximum atomic E-state index is 12.0. The normalized spacial score (nSPS) is 13.3. The summed E-state index contributed by atoms with van der Waals surface area (Å²) >= 11 is 5.80. The van der Waals surface area contributed by atoms with Gasteiger partial charge in [-0.25, -0.2) is 13.1 Å². The van der Waals surface area contributed by atoms with Crippen LogP contribution >= 0.6 is 11.6 Å². The number of sulfonamides is 1. The summed E-state index contributed by atoms with van der Waals surface area (Å²) in [6, 6.07) is 8.28. The monoisotopic (exact) mass is 314 g/mol. The van der Waals surface area contributed by atoms with E-state index < -0.39 is 10.0 Å². The van der Waals surface area contributed by atoms with Crippen molar-refractivity contribution < 1.29 is 12.9 Å². The molecular formula is C13H15ClN2O3S.